The molecule has 0 radical (unpaired) electrons. The Bertz CT molecular complexity index is 1090. The van der Waals surface area contributed by atoms with E-state index < -0.39 is 7.60 Å². The fourth-order valence-corrected chi connectivity index (χ4v) is 5.24. The molecule has 0 amide bonds. The van der Waals surface area contributed by atoms with Crippen molar-refractivity contribution in [1.82, 2.24) is 0 Å². The molecule has 1 heterocycles. The van der Waals surface area contributed by atoms with Crippen LogP contribution in [0.1, 0.15) is 23.1 Å². The first-order chi connectivity index (χ1) is 12.5. The van der Waals surface area contributed by atoms with Crippen LogP contribution in [0.2, 0.25) is 0 Å². The van der Waals surface area contributed by atoms with Gasteiger partial charge in [0.25, 0.3) is 0 Å². The van der Waals surface area contributed by atoms with E-state index in [4.69, 9.17) is 13.8 Å². The van der Waals surface area contributed by atoms with Crippen molar-refractivity contribution in [2.75, 3.05) is 14.2 Å². The minimum absolute atomic E-state index is 0.614. The van der Waals surface area contributed by atoms with E-state index in [1.54, 1.807) is 0 Å². The van der Waals surface area contributed by atoms with Crippen LogP contribution in [0.3, 0.4) is 0 Å². The van der Waals surface area contributed by atoms with Gasteiger partial charge in [-0.25, -0.2) is 0 Å². The summed E-state index contributed by atoms with van der Waals surface area (Å²) in [6, 6.07) is 11.9. The Labute approximate surface area is 152 Å². The van der Waals surface area contributed by atoms with Gasteiger partial charge < -0.3 is 13.8 Å². The number of aryl methyl sites for hydroxylation is 2. The standard InChI is InChI=1S/C21H21O4P/c1-13-5-8-16-15(11-13)7-10-18-20(16)25-19-12-14(2)6-9-17(19)21(18)26(22,23-3)24-4/h5-6,8-9,11-12H,1,7,10H2,2-4H3. The maximum Gasteiger partial charge on any atom is 0.361 e. The van der Waals surface area contributed by atoms with Crippen molar-refractivity contribution in [1.29, 1.82) is 0 Å². The van der Waals surface area contributed by atoms with Crippen LogP contribution in [0.5, 0.6) is 5.75 Å². The molecule has 0 atom stereocenters. The minimum Gasteiger partial charge on any atom is -0.456 e. The fourth-order valence-electron chi connectivity index (χ4n) is 3.71. The van der Waals surface area contributed by atoms with E-state index >= 15 is 0 Å². The van der Waals surface area contributed by atoms with Crippen molar-refractivity contribution in [2.45, 2.75) is 19.8 Å². The van der Waals surface area contributed by atoms with E-state index in [2.05, 4.69) is 12.6 Å². The molecule has 2 aromatic carbocycles. The average molecular weight is 368 g/mol. The van der Waals surface area contributed by atoms with Gasteiger partial charge in [-0.2, -0.15) is 0 Å². The van der Waals surface area contributed by atoms with Gasteiger partial charge in [-0.1, -0.05) is 36.9 Å². The Kier molecular flexibility index (Phi) is 4.15. The summed E-state index contributed by atoms with van der Waals surface area (Å²) in [6.07, 6.45) is 1.55. The summed E-state index contributed by atoms with van der Waals surface area (Å²) in [5.41, 5.74) is 3.94. The van der Waals surface area contributed by atoms with E-state index in [0.29, 0.717) is 17.5 Å². The molecule has 4 nitrogen and oxygen atoms in total. The quantitative estimate of drug-likeness (QED) is 0.774. The van der Waals surface area contributed by atoms with Crippen LogP contribution in [0, 0.1) is 6.92 Å². The highest BCUT2D eigenvalue weighted by atomic mass is 31.2. The first-order valence-corrected chi connectivity index (χ1v) is 10.1. The highest BCUT2D eigenvalue weighted by Crippen LogP contribution is 2.64. The second kappa shape index (κ2) is 6.24. The zero-order valence-corrected chi connectivity index (χ0v) is 16.1. The van der Waals surface area contributed by atoms with Crippen molar-refractivity contribution in [3.05, 3.63) is 69.1 Å². The number of fused-ring (bicyclic) bond motifs is 3. The minimum atomic E-state index is -3.45. The molecule has 0 saturated carbocycles. The first-order valence-electron chi connectivity index (χ1n) is 8.53. The van der Waals surface area contributed by atoms with Gasteiger partial charge in [0.1, 0.15) is 11.5 Å². The lowest BCUT2D eigenvalue weighted by atomic mass is 9.90. The van der Waals surface area contributed by atoms with Crippen LogP contribution in [0.25, 0.3) is 17.7 Å². The predicted octanol–water partition coefficient (Wildman–Crippen LogP) is 3.75. The summed E-state index contributed by atoms with van der Waals surface area (Å²) < 4.78 is 30.4. The highest BCUT2D eigenvalue weighted by Gasteiger charge is 2.39. The van der Waals surface area contributed by atoms with Crippen molar-refractivity contribution < 1.29 is 18.3 Å². The maximum atomic E-state index is 13.4. The second-order valence-corrected chi connectivity index (χ2v) is 8.78. The summed E-state index contributed by atoms with van der Waals surface area (Å²) in [6.45, 7) is 6.02. The van der Waals surface area contributed by atoms with Gasteiger partial charge in [0, 0.05) is 30.6 Å². The van der Waals surface area contributed by atoms with Crippen LogP contribution in [0.4, 0.5) is 0 Å². The van der Waals surface area contributed by atoms with Gasteiger partial charge >= 0.3 is 7.60 Å². The zero-order valence-electron chi connectivity index (χ0n) is 15.2. The highest BCUT2D eigenvalue weighted by molar-refractivity contribution is 7.65. The average Bonchev–Trinajstić information content (AvgIpc) is 2.65. The predicted molar refractivity (Wildman–Crippen MR) is 103 cm³/mol. The van der Waals surface area contributed by atoms with E-state index in [1.165, 1.54) is 19.8 Å². The molecule has 0 fully saturated rings. The third kappa shape index (κ3) is 2.57. The van der Waals surface area contributed by atoms with Crippen LogP contribution in [0.15, 0.2) is 42.0 Å². The van der Waals surface area contributed by atoms with Gasteiger partial charge in [0.05, 0.1) is 5.31 Å². The van der Waals surface area contributed by atoms with E-state index in [9.17, 15) is 4.57 Å². The van der Waals surface area contributed by atoms with E-state index in [1.807, 2.05) is 37.3 Å². The Morgan fingerprint density at radius 1 is 1.08 bits per heavy atom. The SMILES string of the molecule is C=c1ccc2c(c1)CCC1=C(P(=O)(OC)OC)c3ccc(C)cc3OC=21. The van der Waals surface area contributed by atoms with Crippen LogP contribution in [-0.2, 0) is 20.0 Å². The molecule has 0 spiro atoms. The van der Waals surface area contributed by atoms with Gasteiger partial charge in [-0.3, -0.25) is 4.57 Å². The molecule has 0 saturated heterocycles. The molecular weight excluding hydrogens is 347 g/mol. The summed E-state index contributed by atoms with van der Waals surface area (Å²) in [7, 11) is -0.602. The lowest BCUT2D eigenvalue weighted by Crippen LogP contribution is -2.27. The molecule has 2 aliphatic rings. The second-order valence-electron chi connectivity index (χ2n) is 6.61. The number of hydrogen-bond acceptors (Lipinski definition) is 4. The lowest BCUT2D eigenvalue weighted by molar-refractivity contribution is 0.287. The number of benzene rings is 2. The molecule has 1 aliphatic heterocycles. The number of rotatable bonds is 3. The fraction of sp³-hybridized carbons (Fsp3) is 0.238. The Balaban J connectivity index is 2.12. The molecule has 5 heteroatoms. The smallest absolute Gasteiger partial charge is 0.361 e. The third-order valence-corrected chi connectivity index (χ3v) is 7.00. The van der Waals surface area contributed by atoms with Crippen molar-refractivity contribution in [3.8, 4) is 5.75 Å². The molecule has 2 aromatic rings. The summed E-state index contributed by atoms with van der Waals surface area (Å²) in [5.74, 6) is 1.42. The van der Waals surface area contributed by atoms with Gasteiger partial charge in [0.2, 0.25) is 0 Å². The van der Waals surface area contributed by atoms with Crippen molar-refractivity contribution in [3.63, 3.8) is 0 Å². The van der Waals surface area contributed by atoms with E-state index in [-0.39, 0.29) is 0 Å². The first kappa shape index (κ1) is 17.3. The van der Waals surface area contributed by atoms with Crippen molar-refractivity contribution >= 4 is 25.2 Å². The Morgan fingerprint density at radius 3 is 2.58 bits per heavy atom. The molecule has 134 valence electrons. The molecule has 0 unspecified atom stereocenters. The monoisotopic (exact) mass is 368 g/mol. The van der Waals surface area contributed by atoms with Gasteiger partial charge in [-0.05, 0) is 42.2 Å². The number of hydrogen-bond donors (Lipinski definition) is 0. The Morgan fingerprint density at radius 2 is 1.85 bits per heavy atom. The normalized spacial score (nSPS) is 15.9. The van der Waals surface area contributed by atoms with Crippen LogP contribution < -0.4 is 15.2 Å². The van der Waals surface area contributed by atoms with Gasteiger partial charge in [0.15, 0.2) is 0 Å². The van der Waals surface area contributed by atoms with Crippen molar-refractivity contribution in [2.24, 2.45) is 0 Å². The Hall–Kier alpha value is -2.13. The summed E-state index contributed by atoms with van der Waals surface area (Å²) in [5, 5.41) is 2.61. The van der Waals surface area contributed by atoms with Gasteiger partial charge in [-0.15, -0.1) is 0 Å². The molecule has 0 aromatic heterocycles. The summed E-state index contributed by atoms with van der Waals surface area (Å²) in [4.78, 5) is 0. The molecule has 0 N–H and O–H groups in total. The van der Waals surface area contributed by atoms with Crippen LogP contribution in [-0.4, -0.2) is 14.2 Å². The molecule has 1 aliphatic carbocycles. The number of ether oxygens (including phenoxy) is 1. The topological polar surface area (TPSA) is 44.8 Å². The molecule has 4 rings (SSSR count). The maximum absolute atomic E-state index is 13.4. The molecular formula is C21H21O4P. The zero-order chi connectivity index (χ0) is 18.5. The van der Waals surface area contributed by atoms with E-state index in [0.717, 1.165) is 39.3 Å². The summed E-state index contributed by atoms with van der Waals surface area (Å²) >= 11 is 0. The molecule has 26 heavy (non-hydrogen) atoms. The molecule has 0 bridgehead atoms. The lowest BCUT2D eigenvalue weighted by Gasteiger charge is -2.31. The van der Waals surface area contributed by atoms with Crippen LogP contribution >= 0.6 is 7.60 Å². The largest absolute Gasteiger partial charge is 0.456 e. The third-order valence-electron chi connectivity index (χ3n) is 4.98.